The van der Waals surface area contributed by atoms with Crippen LogP contribution in [0.2, 0.25) is 0 Å². The topological polar surface area (TPSA) is 126 Å². The van der Waals surface area contributed by atoms with E-state index in [4.69, 9.17) is 9.88 Å². The average Bonchev–Trinajstić information content (AvgIpc) is 3.17. The molecule has 1 aliphatic heterocycles. The van der Waals surface area contributed by atoms with Crippen LogP contribution in [0.4, 0.5) is 26.3 Å². The van der Waals surface area contributed by atoms with E-state index in [2.05, 4.69) is 32.7 Å². The molecule has 0 bridgehead atoms. The van der Waals surface area contributed by atoms with Gasteiger partial charge in [-0.2, -0.15) is 26.3 Å². The zero-order valence-electron chi connectivity index (χ0n) is 21.4. The third-order valence-electron chi connectivity index (χ3n) is 5.43. The van der Waals surface area contributed by atoms with Gasteiger partial charge in [0.25, 0.3) is 0 Å². The van der Waals surface area contributed by atoms with Crippen LogP contribution in [-0.2, 0) is 32.1 Å². The van der Waals surface area contributed by atoms with Crippen molar-refractivity contribution in [1.29, 1.82) is 0 Å². The molecule has 0 N–H and O–H groups in total. The van der Waals surface area contributed by atoms with Gasteiger partial charge in [0.1, 0.15) is 12.4 Å². The number of hydroxylamine groups is 2. The van der Waals surface area contributed by atoms with Gasteiger partial charge in [-0.15, -0.1) is 5.06 Å². The monoisotopic (exact) mass is 611 g/mol. The number of rotatable bonds is 6. The lowest BCUT2D eigenvalue weighted by molar-refractivity contribution is -0.670. The molecule has 1 aliphatic rings. The number of pyridine rings is 1. The molecule has 2 aromatic heterocycles. The van der Waals surface area contributed by atoms with Crippen molar-refractivity contribution in [3.63, 3.8) is 0 Å². The van der Waals surface area contributed by atoms with Crippen LogP contribution in [0.25, 0.3) is 9.81 Å². The number of aromatic nitrogens is 3. The van der Waals surface area contributed by atoms with E-state index in [0.717, 1.165) is 22.7 Å². The van der Waals surface area contributed by atoms with E-state index in [0.29, 0.717) is 5.75 Å². The number of alkyl halides is 6. The van der Waals surface area contributed by atoms with Crippen molar-refractivity contribution in [3.05, 3.63) is 41.3 Å². The molecule has 3 rings (SSSR count). The lowest BCUT2D eigenvalue weighted by atomic mass is 9.82. The van der Waals surface area contributed by atoms with Gasteiger partial charge in [0.2, 0.25) is 6.33 Å². The van der Waals surface area contributed by atoms with E-state index >= 15 is 0 Å². The zero-order valence-corrected chi connectivity index (χ0v) is 23.0. The third kappa shape index (κ3) is 8.26. The molecule has 19 heteroatoms. The standard InChI is InChI=1S/C18H27N4O2.C2F6NO4S2/c1-17(2)7-6-8-18(3,4)22(17)24-23-16-11-15(12-19-13-16)21-10-9-20(5)14-21;3-1(4,5)14(10,11)9-15(12,13)2(6,7)8/h9-14H,6-8H2,1-5H3;/q+1;-1. The average molecular weight is 612 g/mol. The molecule has 0 spiro atoms. The lowest BCUT2D eigenvalue weighted by Crippen LogP contribution is -2.58. The molecular formula is C20H27F6N5O6S2. The number of sulfonamides is 2. The molecule has 39 heavy (non-hydrogen) atoms. The van der Waals surface area contributed by atoms with Crippen LogP contribution in [0.3, 0.4) is 0 Å². The minimum absolute atomic E-state index is 0.0685. The Morgan fingerprint density at radius 3 is 1.90 bits per heavy atom. The fraction of sp³-hybridized carbons (Fsp3) is 0.600. The van der Waals surface area contributed by atoms with Crippen LogP contribution in [0.5, 0.6) is 5.75 Å². The van der Waals surface area contributed by atoms with Crippen molar-refractivity contribution in [2.75, 3.05) is 0 Å². The van der Waals surface area contributed by atoms with Crippen molar-refractivity contribution in [2.24, 2.45) is 7.05 Å². The molecule has 2 aromatic rings. The van der Waals surface area contributed by atoms with E-state index in [1.807, 2.05) is 46.0 Å². The summed E-state index contributed by atoms with van der Waals surface area (Å²) in [4.78, 5) is 15.7. The summed E-state index contributed by atoms with van der Waals surface area (Å²) in [6.07, 6.45) is 12.7. The van der Waals surface area contributed by atoms with Crippen LogP contribution >= 0.6 is 0 Å². The maximum absolute atomic E-state index is 11.4. The Morgan fingerprint density at radius 2 is 1.46 bits per heavy atom. The van der Waals surface area contributed by atoms with Gasteiger partial charge in [-0.3, -0.25) is 4.98 Å². The van der Waals surface area contributed by atoms with E-state index < -0.39 is 31.1 Å². The summed E-state index contributed by atoms with van der Waals surface area (Å²) in [5, 5.41) is 1.98. The Labute approximate surface area is 221 Å². The first-order valence-electron chi connectivity index (χ1n) is 11.0. The molecule has 0 radical (unpaired) electrons. The molecule has 0 aliphatic carbocycles. The zero-order chi connectivity index (χ0) is 30.1. The molecule has 3 heterocycles. The molecule has 1 fully saturated rings. The van der Waals surface area contributed by atoms with Crippen LogP contribution in [0.15, 0.2) is 37.2 Å². The van der Waals surface area contributed by atoms with E-state index in [1.54, 1.807) is 12.4 Å². The molecule has 0 atom stereocenters. The minimum atomic E-state index is -6.72. The van der Waals surface area contributed by atoms with Crippen molar-refractivity contribution < 1.29 is 57.6 Å². The number of hydrogen-bond acceptors (Lipinski definition) is 8. The fourth-order valence-corrected chi connectivity index (χ4v) is 5.38. The first kappa shape index (κ1) is 32.7. The molecule has 0 amide bonds. The van der Waals surface area contributed by atoms with Crippen molar-refractivity contribution >= 4 is 20.0 Å². The normalized spacial score (nSPS) is 18.2. The minimum Gasteiger partial charge on any atom is -0.421 e. The quantitative estimate of drug-likeness (QED) is 0.208. The molecule has 11 nitrogen and oxygen atoms in total. The maximum Gasteiger partial charge on any atom is 0.480 e. The van der Waals surface area contributed by atoms with Gasteiger partial charge in [-0.25, -0.2) is 26.0 Å². The number of nitrogens with zero attached hydrogens (tertiary/aromatic N) is 5. The van der Waals surface area contributed by atoms with Gasteiger partial charge >= 0.3 is 11.0 Å². The van der Waals surface area contributed by atoms with Crippen LogP contribution in [0.1, 0.15) is 47.0 Å². The molecule has 222 valence electrons. The fourth-order valence-electron chi connectivity index (χ4n) is 3.67. The van der Waals surface area contributed by atoms with Crippen LogP contribution in [-0.4, -0.2) is 53.5 Å². The molecule has 1 saturated heterocycles. The predicted octanol–water partition coefficient (Wildman–Crippen LogP) is 4.02. The second kappa shape index (κ2) is 11.2. The van der Waals surface area contributed by atoms with Crippen molar-refractivity contribution in [3.8, 4) is 11.4 Å². The summed E-state index contributed by atoms with van der Waals surface area (Å²) >= 11 is 0. The number of aryl methyl sites for hydroxylation is 1. The Kier molecular flexibility index (Phi) is 9.39. The summed E-state index contributed by atoms with van der Waals surface area (Å²) in [5.41, 5.74) is -11.6. The Morgan fingerprint density at radius 1 is 0.949 bits per heavy atom. The third-order valence-corrected chi connectivity index (χ3v) is 8.17. The highest BCUT2D eigenvalue weighted by atomic mass is 32.3. The lowest BCUT2D eigenvalue weighted by Gasteiger charge is -2.49. The Balaban J connectivity index is 0.000000309. The molecular weight excluding hydrogens is 584 g/mol. The highest BCUT2D eigenvalue weighted by Crippen LogP contribution is 2.39. The number of imidazole rings is 1. The smallest absolute Gasteiger partial charge is 0.421 e. The van der Waals surface area contributed by atoms with Gasteiger partial charge in [0, 0.05) is 17.1 Å². The molecule has 0 aromatic carbocycles. The van der Waals surface area contributed by atoms with Crippen molar-refractivity contribution in [2.45, 2.75) is 69.1 Å². The second-order valence-corrected chi connectivity index (χ2v) is 13.1. The van der Waals surface area contributed by atoms with E-state index in [-0.39, 0.29) is 11.1 Å². The number of piperidine rings is 1. The molecule has 0 saturated carbocycles. The van der Waals surface area contributed by atoms with Crippen molar-refractivity contribution in [1.82, 2.24) is 14.6 Å². The van der Waals surface area contributed by atoms with E-state index in [9.17, 15) is 43.2 Å². The summed E-state index contributed by atoms with van der Waals surface area (Å²) in [5.74, 6) is 0.584. The van der Waals surface area contributed by atoms with E-state index in [1.165, 1.54) is 6.42 Å². The summed E-state index contributed by atoms with van der Waals surface area (Å²) in [7, 11) is -11.5. The first-order chi connectivity index (χ1) is 17.5. The highest BCUT2D eigenvalue weighted by molar-refractivity contribution is 8.13. The van der Waals surface area contributed by atoms with Gasteiger partial charge in [-0.1, -0.05) is 4.99 Å². The summed E-state index contributed by atoms with van der Waals surface area (Å²) < 4.78 is 113. The van der Waals surface area contributed by atoms with Gasteiger partial charge in [0.15, 0.2) is 31.5 Å². The van der Waals surface area contributed by atoms with Gasteiger partial charge in [-0.05, 0) is 47.0 Å². The Bertz CT molecular complexity index is 1300. The predicted molar refractivity (Wildman–Crippen MR) is 124 cm³/mol. The largest absolute Gasteiger partial charge is 0.480 e. The number of halogens is 6. The SMILES string of the molecule is C[n+]1ccn(-c2cncc(OON3C(C)(C)CCCC3(C)C)c2)c1.O=S(=O)([N-]S(=O)(=O)C(F)(F)F)C(F)(F)F. The number of hydrogen-bond donors (Lipinski definition) is 0. The second-order valence-electron chi connectivity index (χ2n) is 9.71. The summed E-state index contributed by atoms with van der Waals surface area (Å²) in [6, 6.07) is 1.91. The first-order valence-corrected chi connectivity index (χ1v) is 13.9. The van der Waals surface area contributed by atoms with Crippen LogP contribution < -0.4 is 9.45 Å². The van der Waals surface area contributed by atoms with Gasteiger partial charge < -0.3 is 9.01 Å². The van der Waals surface area contributed by atoms with Gasteiger partial charge in [0.05, 0.1) is 19.4 Å². The highest BCUT2D eigenvalue weighted by Gasteiger charge is 2.47. The van der Waals surface area contributed by atoms with Crippen LogP contribution in [0, 0.1) is 0 Å². The Hall–Kier alpha value is -2.48. The molecule has 0 unspecified atom stereocenters. The maximum atomic E-state index is 11.4. The summed E-state index contributed by atoms with van der Waals surface area (Å²) in [6.45, 7) is 8.75.